The molecule has 17 heavy (non-hydrogen) atoms. The van der Waals surface area contributed by atoms with Crippen molar-refractivity contribution in [3.63, 3.8) is 0 Å². The van der Waals surface area contributed by atoms with Crippen LogP contribution in [0.1, 0.15) is 52.9 Å². The molecular weight excluding hydrogens is 212 g/mol. The van der Waals surface area contributed by atoms with Crippen molar-refractivity contribution in [2.45, 2.75) is 52.4 Å². The second kappa shape index (κ2) is 3.52. The molecule has 2 rings (SSSR count). The van der Waals surface area contributed by atoms with E-state index in [1.54, 1.807) is 6.33 Å². The fourth-order valence-corrected chi connectivity index (χ4v) is 1.81. The number of hydrogen-bond donors (Lipinski definition) is 1. The highest BCUT2D eigenvalue weighted by molar-refractivity contribution is 5.65. The highest BCUT2D eigenvalue weighted by atomic mass is 15.0. The molecule has 0 spiro atoms. The largest absolute Gasteiger partial charge is 0.328 e. The van der Waals surface area contributed by atoms with Gasteiger partial charge >= 0.3 is 0 Å². The lowest BCUT2D eigenvalue weighted by atomic mass is 9.81. The monoisotopic (exact) mass is 232 g/mol. The Bertz CT molecular complexity index is 493. The van der Waals surface area contributed by atoms with Crippen LogP contribution >= 0.6 is 0 Å². The normalized spacial score (nSPS) is 13.3. The van der Waals surface area contributed by atoms with Gasteiger partial charge in [0.1, 0.15) is 0 Å². The molecule has 4 heteroatoms. The minimum absolute atomic E-state index is 0.0189. The Morgan fingerprint density at radius 1 is 0.882 bits per heavy atom. The highest BCUT2D eigenvalue weighted by Crippen LogP contribution is 2.31. The van der Waals surface area contributed by atoms with Gasteiger partial charge in [0.05, 0.1) is 17.7 Å². The molecule has 4 nitrogen and oxygen atoms in total. The second-order valence-electron chi connectivity index (χ2n) is 6.50. The summed E-state index contributed by atoms with van der Waals surface area (Å²) in [7, 11) is 0. The summed E-state index contributed by atoms with van der Waals surface area (Å²) >= 11 is 0. The zero-order valence-corrected chi connectivity index (χ0v) is 11.4. The van der Waals surface area contributed by atoms with Gasteiger partial charge in [0.25, 0.3) is 0 Å². The number of fused-ring (bicyclic) bond motifs is 1. The maximum absolute atomic E-state index is 4.69. The summed E-state index contributed by atoms with van der Waals surface area (Å²) in [6, 6.07) is 0. The first-order valence-electron chi connectivity index (χ1n) is 5.91. The zero-order chi connectivity index (χ0) is 12.8. The first-order chi connectivity index (χ1) is 7.69. The molecule has 0 saturated carbocycles. The van der Waals surface area contributed by atoms with Crippen LogP contribution in [0.5, 0.6) is 0 Å². The number of nitrogens with zero attached hydrogens (tertiary/aromatic N) is 3. The van der Waals surface area contributed by atoms with Gasteiger partial charge in [-0.05, 0) is 0 Å². The van der Waals surface area contributed by atoms with E-state index in [4.69, 9.17) is 4.98 Å². The smallest absolute Gasteiger partial charge is 0.197 e. The molecule has 0 aliphatic carbocycles. The minimum atomic E-state index is -0.0250. The van der Waals surface area contributed by atoms with E-state index in [0.717, 1.165) is 17.0 Å². The van der Waals surface area contributed by atoms with Gasteiger partial charge in [-0.15, -0.1) is 0 Å². The number of aromatic amines is 1. The van der Waals surface area contributed by atoms with Crippen LogP contribution in [0.25, 0.3) is 11.3 Å². The van der Waals surface area contributed by atoms with Crippen LogP contribution in [-0.4, -0.2) is 19.9 Å². The summed E-state index contributed by atoms with van der Waals surface area (Å²) in [4.78, 5) is 16.6. The van der Waals surface area contributed by atoms with Crippen molar-refractivity contribution in [2.75, 3.05) is 0 Å². The lowest BCUT2D eigenvalue weighted by Crippen LogP contribution is -2.25. The molecule has 0 aromatic carbocycles. The minimum Gasteiger partial charge on any atom is -0.328 e. The molecule has 0 radical (unpaired) electrons. The van der Waals surface area contributed by atoms with Crippen LogP contribution in [0.4, 0.5) is 0 Å². The first kappa shape index (κ1) is 12.0. The molecule has 92 valence electrons. The fourth-order valence-electron chi connectivity index (χ4n) is 1.81. The Hall–Kier alpha value is -1.45. The molecular formula is C13H20N4. The summed E-state index contributed by atoms with van der Waals surface area (Å²) in [5.41, 5.74) is 3.50. The van der Waals surface area contributed by atoms with Gasteiger partial charge in [-0.3, -0.25) is 0 Å². The van der Waals surface area contributed by atoms with Gasteiger partial charge in [0.2, 0.25) is 0 Å². The molecule has 0 aliphatic rings. The molecule has 0 atom stereocenters. The van der Waals surface area contributed by atoms with E-state index in [1.165, 1.54) is 0 Å². The van der Waals surface area contributed by atoms with E-state index in [2.05, 4.69) is 56.5 Å². The lowest BCUT2D eigenvalue weighted by Gasteiger charge is -2.27. The quantitative estimate of drug-likeness (QED) is 0.759. The standard InChI is InChI=1S/C13H20N4/c1-12(2,3)8-9(13(4,5)6)17-11-10(16-8)14-7-15-11/h7H,1-6H3,(H,14,15,16,17). The van der Waals surface area contributed by atoms with E-state index in [-0.39, 0.29) is 10.8 Å². The van der Waals surface area contributed by atoms with E-state index >= 15 is 0 Å². The average molecular weight is 232 g/mol. The number of H-pyrrole nitrogens is 1. The van der Waals surface area contributed by atoms with Crippen molar-refractivity contribution in [3.05, 3.63) is 17.7 Å². The molecule has 2 heterocycles. The molecule has 2 aromatic rings. The van der Waals surface area contributed by atoms with E-state index in [1.807, 2.05) is 0 Å². The van der Waals surface area contributed by atoms with Crippen LogP contribution in [0.15, 0.2) is 6.33 Å². The third-order valence-electron chi connectivity index (χ3n) is 2.69. The SMILES string of the molecule is CC(C)(C)c1nc2nc[nH]c2nc1C(C)(C)C. The van der Waals surface area contributed by atoms with Crippen molar-refractivity contribution < 1.29 is 0 Å². The topological polar surface area (TPSA) is 54.5 Å². The molecule has 0 unspecified atom stereocenters. The number of aromatic nitrogens is 4. The lowest BCUT2D eigenvalue weighted by molar-refractivity contribution is 0.502. The number of nitrogens with one attached hydrogen (secondary N) is 1. The van der Waals surface area contributed by atoms with Crippen molar-refractivity contribution in [3.8, 4) is 0 Å². The summed E-state index contributed by atoms with van der Waals surface area (Å²) < 4.78 is 0. The number of rotatable bonds is 0. The van der Waals surface area contributed by atoms with Gasteiger partial charge in [-0.1, -0.05) is 41.5 Å². The summed E-state index contributed by atoms with van der Waals surface area (Å²) in [6.07, 6.45) is 1.64. The maximum atomic E-state index is 4.69. The molecule has 0 fully saturated rings. The molecule has 0 amide bonds. The molecule has 2 aromatic heterocycles. The summed E-state index contributed by atoms with van der Waals surface area (Å²) in [5.74, 6) is 0. The van der Waals surface area contributed by atoms with Gasteiger partial charge in [0, 0.05) is 10.8 Å². The van der Waals surface area contributed by atoms with Crippen molar-refractivity contribution in [2.24, 2.45) is 0 Å². The van der Waals surface area contributed by atoms with Gasteiger partial charge in [-0.25, -0.2) is 15.0 Å². The van der Waals surface area contributed by atoms with Crippen LogP contribution in [0.3, 0.4) is 0 Å². The predicted molar refractivity (Wildman–Crippen MR) is 69.1 cm³/mol. The Kier molecular flexibility index (Phi) is 2.49. The van der Waals surface area contributed by atoms with Crippen molar-refractivity contribution in [1.82, 2.24) is 19.9 Å². The highest BCUT2D eigenvalue weighted by Gasteiger charge is 2.29. The maximum Gasteiger partial charge on any atom is 0.197 e. The number of imidazole rings is 1. The molecule has 0 aliphatic heterocycles. The molecule has 0 bridgehead atoms. The summed E-state index contributed by atoms with van der Waals surface area (Å²) in [5, 5.41) is 0. The van der Waals surface area contributed by atoms with Crippen molar-refractivity contribution >= 4 is 11.3 Å². The second-order valence-corrected chi connectivity index (χ2v) is 6.50. The van der Waals surface area contributed by atoms with E-state index in [9.17, 15) is 0 Å². The van der Waals surface area contributed by atoms with Gasteiger partial charge in [-0.2, -0.15) is 0 Å². The Balaban J connectivity index is 2.78. The summed E-state index contributed by atoms with van der Waals surface area (Å²) in [6.45, 7) is 13.0. The van der Waals surface area contributed by atoms with Crippen molar-refractivity contribution in [1.29, 1.82) is 0 Å². The van der Waals surface area contributed by atoms with Crippen LogP contribution in [0, 0.1) is 0 Å². The van der Waals surface area contributed by atoms with E-state index < -0.39 is 0 Å². The fraction of sp³-hybridized carbons (Fsp3) is 0.615. The van der Waals surface area contributed by atoms with E-state index in [0.29, 0.717) is 5.65 Å². The zero-order valence-electron chi connectivity index (χ0n) is 11.4. The molecule has 1 N–H and O–H groups in total. The van der Waals surface area contributed by atoms with Crippen LogP contribution < -0.4 is 0 Å². The Morgan fingerprint density at radius 2 is 1.41 bits per heavy atom. The predicted octanol–water partition coefficient (Wildman–Crippen LogP) is 2.95. The Morgan fingerprint density at radius 3 is 1.94 bits per heavy atom. The first-order valence-corrected chi connectivity index (χ1v) is 5.91. The van der Waals surface area contributed by atoms with Gasteiger partial charge in [0.15, 0.2) is 11.3 Å². The molecule has 0 saturated heterocycles. The third-order valence-corrected chi connectivity index (χ3v) is 2.69. The average Bonchev–Trinajstić information content (AvgIpc) is 2.59. The Labute approximate surface area is 102 Å². The number of hydrogen-bond acceptors (Lipinski definition) is 3. The van der Waals surface area contributed by atoms with Crippen LogP contribution in [0.2, 0.25) is 0 Å². The third kappa shape index (κ3) is 2.16. The van der Waals surface area contributed by atoms with Crippen LogP contribution in [-0.2, 0) is 10.8 Å². The van der Waals surface area contributed by atoms with Gasteiger partial charge < -0.3 is 4.98 Å².